The van der Waals surface area contributed by atoms with E-state index in [9.17, 15) is 9.59 Å². The molecule has 0 saturated heterocycles. The van der Waals surface area contributed by atoms with E-state index in [1.807, 2.05) is 39.0 Å². The van der Waals surface area contributed by atoms with Gasteiger partial charge in [-0.15, -0.1) is 0 Å². The minimum absolute atomic E-state index is 0.0635. The largest absolute Gasteiger partial charge is 0.493 e. The second-order valence-electron chi connectivity index (χ2n) is 6.97. The van der Waals surface area contributed by atoms with E-state index in [0.717, 1.165) is 23.3 Å². The Kier molecular flexibility index (Phi) is 5.70. The van der Waals surface area contributed by atoms with Crippen LogP contribution in [0.15, 0.2) is 18.2 Å². The molecule has 0 radical (unpaired) electrons. The molecule has 6 nitrogen and oxygen atoms in total. The predicted octanol–water partition coefficient (Wildman–Crippen LogP) is 2.15. The second kappa shape index (κ2) is 7.55. The molecule has 0 atom stereocenters. The van der Waals surface area contributed by atoms with E-state index in [2.05, 4.69) is 5.32 Å². The fourth-order valence-corrected chi connectivity index (χ4v) is 2.39. The summed E-state index contributed by atoms with van der Waals surface area (Å²) in [6.45, 7) is 6.97. The summed E-state index contributed by atoms with van der Waals surface area (Å²) in [5.41, 5.74) is 1.61. The standard InChI is InChI=1S/C18H26N2O4/c1-18(2,3)24-17(22)20(4)9-8-19-16(21)12-13-5-6-15-14(11-13)7-10-23-15/h5-6,11H,7-10,12H2,1-4H3,(H,19,21). The number of fused-ring (bicyclic) bond motifs is 1. The van der Waals surface area contributed by atoms with E-state index in [0.29, 0.717) is 26.1 Å². The maximum absolute atomic E-state index is 12.0. The Morgan fingerprint density at radius 1 is 1.33 bits per heavy atom. The molecule has 132 valence electrons. The van der Waals surface area contributed by atoms with Gasteiger partial charge in [-0.05, 0) is 38.0 Å². The van der Waals surface area contributed by atoms with E-state index in [1.54, 1.807) is 7.05 Å². The van der Waals surface area contributed by atoms with Crippen LogP contribution in [0.5, 0.6) is 5.75 Å². The molecular weight excluding hydrogens is 308 g/mol. The number of ether oxygens (including phenoxy) is 2. The Labute approximate surface area is 143 Å². The number of nitrogens with one attached hydrogen (secondary N) is 1. The molecule has 0 saturated carbocycles. The Balaban J connectivity index is 1.72. The first kappa shape index (κ1) is 18.1. The smallest absolute Gasteiger partial charge is 0.410 e. The molecule has 0 aliphatic carbocycles. The maximum atomic E-state index is 12.0. The first-order valence-electron chi connectivity index (χ1n) is 8.20. The second-order valence-corrected chi connectivity index (χ2v) is 6.97. The van der Waals surface area contributed by atoms with Crippen molar-refractivity contribution in [3.8, 4) is 5.75 Å². The molecule has 1 heterocycles. The Morgan fingerprint density at radius 3 is 2.79 bits per heavy atom. The van der Waals surface area contributed by atoms with Crippen LogP contribution in [0.1, 0.15) is 31.9 Å². The molecule has 6 heteroatoms. The van der Waals surface area contributed by atoms with Gasteiger partial charge in [0.2, 0.25) is 5.91 Å². The molecule has 2 rings (SSSR count). The van der Waals surface area contributed by atoms with Crippen LogP contribution < -0.4 is 10.1 Å². The normalized spacial score (nSPS) is 13.0. The average Bonchev–Trinajstić information content (AvgIpc) is 2.92. The molecule has 0 bridgehead atoms. The van der Waals surface area contributed by atoms with Gasteiger partial charge in [0.1, 0.15) is 11.4 Å². The van der Waals surface area contributed by atoms with Gasteiger partial charge in [0.05, 0.1) is 13.0 Å². The number of carbonyl (C=O) groups excluding carboxylic acids is 2. The summed E-state index contributed by atoms with van der Waals surface area (Å²) in [4.78, 5) is 25.3. The average molecular weight is 334 g/mol. The highest BCUT2D eigenvalue weighted by Gasteiger charge is 2.19. The van der Waals surface area contributed by atoms with Gasteiger partial charge in [0, 0.05) is 26.6 Å². The van der Waals surface area contributed by atoms with Crippen molar-refractivity contribution in [2.45, 2.75) is 39.2 Å². The van der Waals surface area contributed by atoms with Crippen molar-refractivity contribution >= 4 is 12.0 Å². The molecular formula is C18H26N2O4. The highest BCUT2D eigenvalue weighted by molar-refractivity contribution is 5.78. The van der Waals surface area contributed by atoms with Crippen molar-refractivity contribution in [2.24, 2.45) is 0 Å². The third kappa shape index (κ3) is 5.44. The van der Waals surface area contributed by atoms with Gasteiger partial charge < -0.3 is 19.7 Å². The third-order valence-electron chi connectivity index (χ3n) is 3.59. The molecule has 1 N–H and O–H groups in total. The lowest BCUT2D eigenvalue weighted by molar-refractivity contribution is -0.120. The minimum atomic E-state index is -0.522. The maximum Gasteiger partial charge on any atom is 0.410 e. The zero-order valence-electron chi connectivity index (χ0n) is 14.8. The molecule has 1 aliphatic rings. The summed E-state index contributed by atoms with van der Waals surface area (Å²) in [7, 11) is 1.65. The van der Waals surface area contributed by atoms with E-state index in [1.165, 1.54) is 4.90 Å². The summed E-state index contributed by atoms with van der Waals surface area (Å²) >= 11 is 0. The van der Waals surface area contributed by atoms with Gasteiger partial charge in [-0.1, -0.05) is 12.1 Å². The zero-order chi connectivity index (χ0) is 17.7. The van der Waals surface area contributed by atoms with Crippen molar-refractivity contribution in [2.75, 3.05) is 26.7 Å². The minimum Gasteiger partial charge on any atom is -0.493 e. The van der Waals surface area contributed by atoms with E-state index >= 15 is 0 Å². The molecule has 2 amide bonds. The van der Waals surface area contributed by atoms with Crippen molar-refractivity contribution in [1.29, 1.82) is 0 Å². The Morgan fingerprint density at radius 2 is 2.08 bits per heavy atom. The van der Waals surface area contributed by atoms with Crippen LogP contribution in [-0.4, -0.2) is 49.2 Å². The lowest BCUT2D eigenvalue weighted by Crippen LogP contribution is -2.39. The Bertz CT molecular complexity index is 608. The molecule has 24 heavy (non-hydrogen) atoms. The van der Waals surface area contributed by atoms with E-state index < -0.39 is 11.7 Å². The van der Waals surface area contributed by atoms with Crippen LogP contribution >= 0.6 is 0 Å². The molecule has 0 fully saturated rings. The van der Waals surface area contributed by atoms with Crippen LogP contribution in [-0.2, 0) is 22.4 Å². The van der Waals surface area contributed by atoms with Gasteiger partial charge >= 0.3 is 6.09 Å². The number of amides is 2. The first-order valence-corrected chi connectivity index (χ1v) is 8.20. The van der Waals surface area contributed by atoms with Crippen LogP contribution in [0.3, 0.4) is 0 Å². The third-order valence-corrected chi connectivity index (χ3v) is 3.59. The number of hydrogen-bond donors (Lipinski definition) is 1. The van der Waals surface area contributed by atoms with Gasteiger partial charge in [-0.2, -0.15) is 0 Å². The number of carbonyl (C=O) groups is 2. The number of benzene rings is 1. The fourth-order valence-electron chi connectivity index (χ4n) is 2.39. The number of likely N-dealkylation sites (N-methyl/N-ethyl adjacent to an activating group) is 1. The van der Waals surface area contributed by atoms with Gasteiger partial charge in [0.15, 0.2) is 0 Å². The van der Waals surface area contributed by atoms with E-state index in [-0.39, 0.29) is 5.91 Å². The van der Waals surface area contributed by atoms with Crippen LogP contribution in [0, 0.1) is 0 Å². The van der Waals surface area contributed by atoms with Crippen molar-refractivity contribution in [3.05, 3.63) is 29.3 Å². The summed E-state index contributed by atoms with van der Waals surface area (Å²) in [6, 6.07) is 5.85. The summed E-state index contributed by atoms with van der Waals surface area (Å²) in [5, 5.41) is 2.83. The van der Waals surface area contributed by atoms with Crippen LogP contribution in [0.2, 0.25) is 0 Å². The van der Waals surface area contributed by atoms with Crippen molar-refractivity contribution < 1.29 is 19.1 Å². The Hall–Kier alpha value is -2.24. The topological polar surface area (TPSA) is 67.9 Å². The molecule has 0 aromatic heterocycles. The van der Waals surface area contributed by atoms with Crippen LogP contribution in [0.4, 0.5) is 4.79 Å². The lowest BCUT2D eigenvalue weighted by Gasteiger charge is -2.24. The lowest BCUT2D eigenvalue weighted by atomic mass is 10.1. The monoisotopic (exact) mass is 334 g/mol. The van der Waals surface area contributed by atoms with Crippen molar-refractivity contribution in [3.63, 3.8) is 0 Å². The molecule has 1 aromatic carbocycles. The molecule has 1 aromatic rings. The number of hydrogen-bond acceptors (Lipinski definition) is 4. The number of nitrogens with zero attached hydrogens (tertiary/aromatic N) is 1. The molecule has 0 unspecified atom stereocenters. The van der Waals surface area contributed by atoms with Gasteiger partial charge in [0.25, 0.3) is 0 Å². The van der Waals surface area contributed by atoms with Gasteiger partial charge in [-0.3, -0.25) is 4.79 Å². The summed E-state index contributed by atoms with van der Waals surface area (Å²) < 4.78 is 10.7. The van der Waals surface area contributed by atoms with E-state index in [4.69, 9.17) is 9.47 Å². The predicted molar refractivity (Wildman–Crippen MR) is 91.2 cm³/mol. The summed E-state index contributed by atoms with van der Waals surface area (Å²) in [5.74, 6) is 0.851. The first-order chi connectivity index (χ1) is 11.2. The highest BCUT2D eigenvalue weighted by atomic mass is 16.6. The van der Waals surface area contributed by atoms with Crippen LogP contribution in [0.25, 0.3) is 0 Å². The number of rotatable bonds is 5. The SMILES string of the molecule is CN(CCNC(=O)Cc1ccc2c(c1)CCO2)C(=O)OC(C)(C)C. The molecule has 1 aliphatic heterocycles. The fraction of sp³-hybridized carbons (Fsp3) is 0.556. The highest BCUT2D eigenvalue weighted by Crippen LogP contribution is 2.25. The molecule has 0 spiro atoms. The van der Waals surface area contributed by atoms with Gasteiger partial charge in [-0.25, -0.2) is 4.79 Å². The van der Waals surface area contributed by atoms with Crippen molar-refractivity contribution in [1.82, 2.24) is 10.2 Å². The zero-order valence-corrected chi connectivity index (χ0v) is 14.8. The quantitative estimate of drug-likeness (QED) is 0.896. The summed E-state index contributed by atoms with van der Waals surface area (Å²) in [6.07, 6.45) is 0.824.